The van der Waals surface area contributed by atoms with Crippen LogP contribution in [0.2, 0.25) is 0 Å². The van der Waals surface area contributed by atoms with Gasteiger partial charge >= 0.3 is 0 Å². The molecule has 0 saturated heterocycles. The van der Waals surface area contributed by atoms with Gasteiger partial charge in [-0.2, -0.15) is 16.8 Å². The number of carbonyl (C=O) groups excluding carboxylic acids is 2. The highest BCUT2D eigenvalue weighted by Crippen LogP contribution is 2.24. The van der Waals surface area contributed by atoms with Crippen LogP contribution < -0.4 is 0 Å². The zero-order valence-electron chi connectivity index (χ0n) is 16.9. The van der Waals surface area contributed by atoms with Gasteiger partial charge in [-0.1, -0.05) is 41.5 Å². The lowest BCUT2D eigenvalue weighted by molar-refractivity contribution is 0.103. The standard InChI is InChI=1S/C22H18O8S2/c1-13-6-8-19(31(25,26)27)17(10-13)21(23)15-4-3-5-16(12-15)22(24)18-11-14(2)7-9-20(18)32(28,29)30/h3-12H,1-2H3,(H,25,26,27)(H,28,29,30). The second-order valence-electron chi connectivity index (χ2n) is 7.19. The molecular formula is C22H18O8S2. The summed E-state index contributed by atoms with van der Waals surface area (Å²) in [5.41, 5.74) is 0.508. The molecule has 3 aromatic carbocycles. The Morgan fingerprint density at radius 3 is 1.34 bits per heavy atom. The molecule has 3 rings (SSSR count). The topological polar surface area (TPSA) is 143 Å². The van der Waals surface area contributed by atoms with Crippen LogP contribution in [0.3, 0.4) is 0 Å². The molecule has 0 amide bonds. The molecule has 0 heterocycles. The van der Waals surface area contributed by atoms with Gasteiger partial charge in [-0.15, -0.1) is 0 Å². The third-order valence-corrected chi connectivity index (χ3v) is 6.53. The minimum absolute atomic E-state index is 0.0487. The lowest BCUT2D eigenvalue weighted by Crippen LogP contribution is -2.13. The molecular weight excluding hydrogens is 456 g/mol. The van der Waals surface area contributed by atoms with Crippen molar-refractivity contribution in [1.82, 2.24) is 0 Å². The van der Waals surface area contributed by atoms with Crippen LogP contribution in [0.25, 0.3) is 0 Å². The molecule has 166 valence electrons. The zero-order chi connectivity index (χ0) is 23.8. The summed E-state index contributed by atoms with van der Waals surface area (Å²) >= 11 is 0. The van der Waals surface area contributed by atoms with E-state index in [4.69, 9.17) is 0 Å². The lowest BCUT2D eigenvalue weighted by Gasteiger charge is -2.10. The molecule has 0 aromatic heterocycles. The molecule has 0 saturated carbocycles. The monoisotopic (exact) mass is 474 g/mol. The number of hydrogen-bond acceptors (Lipinski definition) is 6. The molecule has 0 aliphatic carbocycles. The van der Waals surface area contributed by atoms with Gasteiger partial charge in [-0.3, -0.25) is 18.7 Å². The number of aryl methyl sites for hydroxylation is 2. The van der Waals surface area contributed by atoms with Crippen LogP contribution in [0.5, 0.6) is 0 Å². The van der Waals surface area contributed by atoms with E-state index in [2.05, 4.69) is 0 Å². The van der Waals surface area contributed by atoms with Gasteiger partial charge in [0.1, 0.15) is 9.79 Å². The van der Waals surface area contributed by atoms with Crippen LogP contribution in [0.1, 0.15) is 43.0 Å². The van der Waals surface area contributed by atoms with Gasteiger partial charge < -0.3 is 0 Å². The number of ketones is 2. The molecule has 10 heteroatoms. The van der Waals surface area contributed by atoms with Gasteiger partial charge in [0, 0.05) is 22.3 Å². The average Bonchev–Trinajstić information content (AvgIpc) is 2.70. The van der Waals surface area contributed by atoms with Gasteiger partial charge in [0.2, 0.25) is 0 Å². The second-order valence-corrected chi connectivity index (χ2v) is 9.97. The largest absolute Gasteiger partial charge is 0.295 e. The van der Waals surface area contributed by atoms with E-state index in [0.717, 1.165) is 12.1 Å². The smallest absolute Gasteiger partial charge is 0.289 e. The SMILES string of the molecule is Cc1ccc(S(=O)(=O)O)c(C(=O)c2cccc(C(=O)c3cc(C)ccc3S(=O)(=O)O)c2)c1. The van der Waals surface area contributed by atoms with Crippen molar-refractivity contribution in [1.29, 1.82) is 0 Å². The van der Waals surface area contributed by atoms with Crippen molar-refractivity contribution in [3.8, 4) is 0 Å². The minimum atomic E-state index is -4.68. The molecule has 0 bridgehead atoms. The van der Waals surface area contributed by atoms with E-state index in [1.165, 1.54) is 48.5 Å². The molecule has 0 aliphatic heterocycles. The molecule has 2 N–H and O–H groups in total. The lowest BCUT2D eigenvalue weighted by atomic mass is 9.96. The highest BCUT2D eigenvalue weighted by atomic mass is 32.2. The summed E-state index contributed by atoms with van der Waals surface area (Å²) in [4.78, 5) is 24.9. The highest BCUT2D eigenvalue weighted by molar-refractivity contribution is 7.86. The Morgan fingerprint density at radius 2 is 1.00 bits per heavy atom. The molecule has 0 unspecified atom stereocenters. The van der Waals surface area contributed by atoms with Gasteiger partial charge in [-0.05, 0) is 44.2 Å². The van der Waals surface area contributed by atoms with Crippen LogP contribution in [0, 0.1) is 13.8 Å². The Labute approximate surface area is 185 Å². The first-order valence-electron chi connectivity index (χ1n) is 9.15. The van der Waals surface area contributed by atoms with Crippen molar-refractivity contribution >= 4 is 31.8 Å². The molecule has 0 atom stereocenters. The average molecular weight is 475 g/mol. The first-order valence-corrected chi connectivity index (χ1v) is 12.0. The van der Waals surface area contributed by atoms with Crippen LogP contribution in [0.15, 0.2) is 70.5 Å². The first-order chi connectivity index (χ1) is 14.8. The van der Waals surface area contributed by atoms with Gasteiger partial charge in [0.25, 0.3) is 20.2 Å². The highest BCUT2D eigenvalue weighted by Gasteiger charge is 2.24. The predicted molar refractivity (Wildman–Crippen MR) is 115 cm³/mol. The molecule has 8 nitrogen and oxygen atoms in total. The third kappa shape index (κ3) is 4.83. The van der Waals surface area contributed by atoms with E-state index >= 15 is 0 Å². The number of rotatable bonds is 6. The minimum Gasteiger partial charge on any atom is -0.289 e. The third-order valence-electron chi connectivity index (χ3n) is 4.70. The summed E-state index contributed by atoms with van der Waals surface area (Å²) in [5.74, 6) is -1.51. The second kappa shape index (κ2) is 8.40. The van der Waals surface area contributed by atoms with Crippen molar-refractivity contribution < 1.29 is 35.5 Å². The van der Waals surface area contributed by atoms with Crippen molar-refractivity contribution in [2.75, 3.05) is 0 Å². The summed E-state index contributed by atoms with van der Waals surface area (Å²) in [6.45, 7) is 3.28. The quantitative estimate of drug-likeness (QED) is 0.409. The summed E-state index contributed by atoms with van der Waals surface area (Å²) in [5, 5.41) is 0. The molecule has 0 fully saturated rings. The summed E-state index contributed by atoms with van der Waals surface area (Å²) in [6.07, 6.45) is 0. The van der Waals surface area contributed by atoms with Crippen molar-refractivity contribution in [3.05, 3.63) is 94.0 Å². The van der Waals surface area contributed by atoms with Crippen LogP contribution >= 0.6 is 0 Å². The summed E-state index contributed by atoms with van der Waals surface area (Å²) in [6, 6.07) is 13.0. The van der Waals surface area contributed by atoms with Gasteiger partial charge in [-0.25, -0.2) is 0 Å². The van der Waals surface area contributed by atoms with E-state index in [-0.39, 0.29) is 22.3 Å². The Balaban J connectivity index is 2.12. The van der Waals surface area contributed by atoms with E-state index in [1.54, 1.807) is 13.8 Å². The Morgan fingerprint density at radius 1 is 0.625 bits per heavy atom. The van der Waals surface area contributed by atoms with Crippen LogP contribution in [-0.4, -0.2) is 37.5 Å². The molecule has 3 aromatic rings. The Hall–Kier alpha value is -3.18. The van der Waals surface area contributed by atoms with Crippen molar-refractivity contribution in [2.45, 2.75) is 23.6 Å². The van der Waals surface area contributed by atoms with E-state index in [9.17, 15) is 35.5 Å². The maximum absolute atomic E-state index is 13.0. The van der Waals surface area contributed by atoms with Crippen molar-refractivity contribution in [2.24, 2.45) is 0 Å². The molecule has 0 spiro atoms. The Bertz CT molecular complexity index is 1360. The maximum atomic E-state index is 13.0. The van der Waals surface area contributed by atoms with Crippen LogP contribution in [0.4, 0.5) is 0 Å². The fraction of sp³-hybridized carbons (Fsp3) is 0.0909. The Kier molecular flexibility index (Phi) is 6.16. The fourth-order valence-corrected chi connectivity index (χ4v) is 4.54. The maximum Gasteiger partial charge on any atom is 0.295 e. The van der Waals surface area contributed by atoms with Crippen molar-refractivity contribution in [3.63, 3.8) is 0 Å². The van der Waals surface area contributed by atoms with E-state index in [1.807, 2.05) is 0 Å². The first kappa shape index (κ1) is 23.5. The van der Waals surface area contributed by atoms with Gasteiger partial charge in [0.15, 0.2) is 11.6 Å². The molecule has 32 heavy (non-hydrogen) atoms. The fourth-order valence-electron chi connectivity index (χ4n) is 3.21. The normalized spacial score (nSPS) is 11.9. The predicted octanol–water partition coefficient (Wildman–Crippen LogP) is 3.26. The van der Waals surface area contributed by atoms with Crippen LogP contribution in [-0.2, 0) is 20.2 Å². The summed E-state index contributed by atoms with van der Waals surface area (Å²) in [7, 11) is -9.36. The zero-order valence-corrected chi connectivity index (χ0v) is 18.6. The van der Waals surface area contributed by atoms with E-state index in [0.29, 0.717) is 11.1 Å². The van der Waals surface area contributed by atoms with Gasteiger partial charge in [0.05, 0.1) is 0 Å². The molecule has 0 aliphatic rings. The number of hydrogen-bond donors (Lipinski definition) is 2. The number of carbonyl (C=O) groups is 2. The summed E-state index contributed by atoms with van der Waals surface area (Å²) < 4.78 is 65.7. The molecule has 0 radical (unpaired) electrons. The van der Waals surface area contributed by atoms with E-state index < -0.39 is 41.6 Å². The number of benzene rings is 3.